The average Bonchev–Trinajstić information content (AvgIpc) is 3.34. The second-order valence-electron chi connectivity index (χ2n) is 9.28. The van der Waals surface area contributed by atoms with Gasteiger partial charge in [0.15, 0.2) is 0 Å². The Morgan fingerprint density at radius 2 is 1.86 bits per heavy atom. The number of rotatable bonds is 6. The number of halogens is 2. The minimum Gasteiger partial charge on any atom is -0.489 e. The van der Waals surface area contributed by atoms with Gasteiger partial charge in [0.05, 0.1) is 26.7 Å². The molecule has 2 heterocycles. The molecule has 3 atom stereocenters. The lowest BCUT2D eigenvalue weighted by molar-refractivity contribution is 0.240. The molecular weight excluding hydrogens is 535 g/mol. The van der Waals surface area contributed by atoms with Gasteiger partial charge in [0, 0.05) is 23.1 Å². The summed E-state index contributed by atoms with van der Waals surface area (Å²) in [5.74, 6) is 3.37. The summed E-state index contributed by atoms with van der Waals surface area (Å²) in [7, 11) is -3.86. The molecule has 0 bridgehead atoms. The van der Waals surface area contributed by atoms with Crippen LogP contribution in [0.15, 0.2) is 77.7 Å². The van der Waals surface area contributed by atoms with Gasteiger partial charge in [0.25, 0.3) is 10.0 Å². The summed E-state index contributed by atoms with van der Waals surface area (Å²) in [4.78, 5) is 0.186. The summed E-state index contributed by atoms with van der Waals surface area (Å²) in [5, 5.41) is 4.15. The Bertz CT molecular complexity index is 1460. The molecule has 3 aliphatic rings. The lowest BCUT2D eigenvalue weighted by atomic mass is 9.77. The maximum Gasteiger partial charge on any atom is 0.261 e. The molecule has 1 aliphatic carbocycles. The molecule has 3 aromatic rings. The number of anilines is 2. The monoisotopic (exact) mass is 558 g/mol. The van der Waals surface area contributed by atoms with Crippen LogP contribution in [0.3, 0.4) is 0 Å². The molecule has 0 spiro atoms. The highest BCUT2D eigenvalue weighted by Crippen LogP contribution is 2.50. The third-order valence-corrected chi connectivity index (χ3v) is 10.4. The summed E-state index contributed by atoms with van der Waals surface area (Å²) in [6.45, 7) is 0. The van der Waals surface area contributed by atoms with Crippen molar-refractivity contribution in [3.8, 4) is 5.75 Å². The molecule has 0 amide bonds. The molecule has 6 rings (SSSR count). The van der Waals surface area contributed by atoms with Crippen molar-refractivity contribution in [2.24, 2.45) is 5.92 Å². The van der Waals surface area contributed by atoms with E-state index >= 15 is 0 Å². The fourth-order valence-electron chi connectivity index (χ4n) is 5.11. The Morgan fingerprint density at radius 1 is 1.03 bits per heavy atom. The van der Waals surface area contributed by atoms with Crippen molar-refractivity contribution in [3.05, 3.63) is 94.0 Å². The normalized spacial score (nSPS) is 22.8. The van der Waals surface area contributed by atoms with Crippen LogP contribution in [0, 0.1) is 5.92 Å². The van der Waals surface area contributed by atoms with Gasteiger partial charge < -0.3 is 10.1 Å². The van der Waals surface area contributed by atoms with E-state index in [4.69, 9.17) is 27.9 Å². The lowest BCUT2D eigenvalue weighted by Gasteiger charge is -2.38. The van der Waals surface area contributed by atoms with E-state index < -0.39 is 10.0 Å². The van der Waals surface area contributed by atoms with E-state index in [1.54, 1.807) is 30.3 Å². The highest BCUT2D eigenvalue weighted by molar-refractivity contribution is 8.00. The highest BCUT2D eigenvalue weighted by Gasteiger charge is 2.38. The van der Waals surface area contributed by atoms with Crippen LogP contribution < -0.4 is 14.8 Å². The van der Waals surface area contributed by atoms with E-state index in [2.05, 4.69) is 34.3 Å². The molecule has 2 N–H and O–H groups in total. The topological polar surface area (TPSA) is 67.4 Å². The number of ether oxygens (including phenoxy) is 1. The van der Waals surface area contributed by atoms with E-state index in [1.165, 1.54) is 5.56 Å². The van der Waals surface area contributed by atoms with Crippen LogP contribution in [0.25, 0.3) is 0 Å². The molecule has 186 valence electrons. The Hall–Kier alpha value is -2.32. The van der Waals surface area contributed by atoms with Gasteiger partial charge in [-0.25, -0.2) is 8.42 Å². The number of benzene rings is 3. The van der Waals surface area contributed by atoms with Gasteiger partial charge in [0.1, 0.15) is 11.9 Å². The van der Waals surface area contributed by atoms with E-state index in [0.717, 1.165) is 34.9 Å². The molecule has 0 unspecified atom stereocenters. The quantitative estimate of drug-likeness (QED) is 0.315. The third kappa shape index (κ3) is 4.47. The highest BCUT2D eigenvalue weighted by atomic mass is 35.5. The number of hydrogen-bond donors (Lipinski definition) is 2. The molecule has 36 heavy (non-hydrogen) atoms. The van der Waals surface area contributed by atoms with Gasteiger partial charge in [-0.2, -0.15) is 11.8 Å². The Balaban J connectivity index is 1.30. The SMILES string of the molecule is O=S(=O)(Nc1cccc(Cl)c1Cl)c1ccc2c(c1)[C@H]1C=CC[C@H]1[C@@H](c1cccc(OC3CSC3)c1)N2. The van der Waals surface area contributed by atoms with Crippen LogP contribution in [0.5, 0.6) is 5.75 Å². The largest absolute Gasteiger partial charge is 0.489 e. The predicted octanol–water partition coefficient (Wildman–Crippen LogP) is 7.11. The van der Waals surface area contributed by atoms with Gasteiger partial charge in [-0.15, -0.1) is 0 Å². The fourth-order valence-corrected chi connectivity index (χ4v) is 7.19. The molecular formula is C27H24Cl2N2O3S2. The number of allylic oxidation sites excluding steroid dienone is 2. The molecule has 0 aromatic heterocycles. The van der Waals surface area contributed by atoms with E-state index in [-0.39, 0.29) is 38.5 Å². The van der Waals surface area contributed by atoms with Crippen molar-refractivity contribution in [1.29, 1.82) is 0 Å². The Labute approximate surface area is 225 Å². The van der Waals surface area contributed by atoms with Crippen molar-refractivity contribution in [2.75, 3.05) is 21.5 Å². The number of hydrogen-bond acceptors (Lipinski definition) is 5. The van der Waals surface area contributed by atoms with Gasteiger partial charge in [-0.3, -0.25) is 4.72 Å². The molecule has 3 aromatic carbocycles. The first-order valence-corrected chi connectivity index (χ1v) is 15.2. The summed E-state index contributed by atoms with van der Waals surface area (Å²) >= 11 is 14.2. The van der Waals surface area contributed by atoms with Crippen molar-refractivity contribution in [1.82, 2.24) is 0 Å². The predicted molar refractivity (Wildman–Crippen MR) is 148 cm³/mol. The van der Waals surface area contributed by atoms with E-state index in [0.29, 0.717) is 6.10 Å². The smallest absolute Gasteiger partial charge is 0.261 e. The second-order valence-corrected chi connectivity index (χ2v) is 12.8. The van der Waals surface area contributed by atoms with E-state index in [1.807, 2.05) is 30.0 Å². The first kappa shape index (κ1) is 24.0. The Morgan fingerprint density at radius 3 is 2.67 bits per heavy atom. The zero-order chi connectivity index (χ0) is 24.9. The molecule has 0 saturated carbocycles. The lowest BCUT2D eigenvalue weighted by Crippen LogP contribution is -2.31. The van der Waals surface area contributed by atoms with Crippen molar-refractivity contribution in [2.45, 2.75) is 29.4 Å². The first-order valence-electron chi connectivity index (χ1n) is 11.8. The summed E-state index contributed by atoms with van der Waals surface area (Å²) in [6, 6.07) is 18.5. The first-order chi connectivity index (χ1) is 17.4. The van der Waals surface area contributed by atoms with Crippen molar-refractivity contribution >= 4 is 56.4 Å². The molecule has 0 radical (unpaired) electrons. The standard InChI is InChI=1S/C27H24Cl2N2O3S2/c28-23-8-3-9-25(26(23)29)31-36(32,33)19-10-11-24-22(13-19)20-6-2-7-21(20)27(30-24)16-4-1-5-17(12-16)34-18-14-35-15-18/h1-6,8-13,18,20-21,27,30-31H,7,14-15H2/t20-,21+,27+/m0/s1. The van der Waals surface area contributed by atoms with Crippen LogP contribution in [0.2, 0.25) is 10.0 Å². The number of nitrogens with one attached hydrogen (secondary N) is 2. The number of fused-ring (bicyclic) bond motifs is 3. The maximum absolute atomic E-state index is 13.2. The zero-order valence-corrected chi connectivity index (χ0v) is 22.3. The molecule has 9 heteroatoms. The molecule has 5 nitrogen and oxygen atoms in total. The summed E-state index contributed by atoms with van der Waals surface area (Å²) < 4.78 is 35.1. The summed E-state index contributed by atoms with van der Waals surface area (Å²) in [6.07, 6.45) is 5.60. The second kappa shape index (κ2) is 9.53. The number of thioether (sulfide) groups is 1. The maximum atomic E-state index is 13.2. The third-order valence-electron chi connectivity index (χ3n) is 6.97. The minimum absolute atomic E-state index is 0.0997. The minimum atomic E-state index is -3.86. The van der Waals surface area contributed by atoms with Gasteiger partial charge >= 0.3 is 0 Å². The molecule has 1 fully saturated rings. The zero-order valence-electron chi connectivity index (χ0n) is 19.2. The van der Waals surface area contributed by atoms with Gasteiger partial charge in [-0.1, -0.05) is 53.6 Å². The van der Waals surface area contributed by atoms with Gasteiger partial charge in [-0.05, 0) is 65.9 Å². The van der Waals surface area contributed by atoms with Crippen molar-refractivity contribution in [3.63, 3.8) is 0 Å². The van der Waals surface area contributed by atoms with Crippen LogP contribution in [-0.4, -0.2) is 26.0 Å². The molecule has 2 aliphatic heterocycles. The van der Waals surface area contributed by atoms with Crippen LogP contribution in [0.4, 0.5) is 11.4 Å². The summed E-state index contributed by atoms with van der Waals surface area (Å²) in [5.41, 5.74) is 3.34. The van der Waals surface area contributed by atoms with Gasteiger partial charge in [0.2, 0.25) is 0 Å². The average molecular weight is 560 g/mol. The van der Waals surface area contributed by atoms with Crippen molar-refractivity contribution < 1.29 is 13.2 Å². The number of sulfonamides is 1. The van der Waals surface area contributed by atoms with Crippen LogP contribution in [0.1, 0.15) is 29.5 Å². The van der Waals surface area contributed by atoms with E-state index in [9.17, 15) is 8.42 Å². The van der Waals surface area contributed by atoms with Crippen LogP contribution in [-0.2, 0) is 10.0 Å². The Kier molecular flexibility index (Phi) is 6.36. The van der Waals surface area contributed by atoms with Crippen LogP contribution >= 0.6 is 35.0 Å². The molecule has 1 saturated heterocycles. The fraction of sp³-hybridized carbons (Fsp3) is 0.259.